The summed E-state index contributed by atoms with van der Waals surface area (Å²) in [6.45, 7) is 0.493. The minimum atomic E-state index is -0.359. The molecule has 6 heteroatoms. The maximum atomic E-state index is 12.0. The third kappa shape index (κ3) is 4.91. The first-order valence-corrected chi connectivity index (χ1v) is 8.03. The number of guanidine groups is 1. The van der Waals surface area contributed by atoms with E-state index in [0.29, 0.717) is 17.9 Å². The molecule has 130 valence electrons. The lowest BCUT2D eigenvalue weighted by Gasteiger charge is -2.07. The van der Waals surface area contributed by atoms with Crippen molar-refractivity contribution in [2.45, 2.75) is 6.61 Å². The first kappa shape index (κ1) is 17.2. The number of hydrogen-bond acceptors (Lipinski definition) is 4. The standard InChI is InChI=1S/C20H18N4O2/c21-20(24-19(25)16-7-4-12-22-13-16)23-17-8-10-18(11-9-17)26-14-15-5-2-1-3-6-15/h1-13H,14H2,(H3,21,23,24,25). The molecular weight excluding hydrogens is 328 g/mol. The summed E-state index contributed by atoms with van der Waals surface area (Å²) in [5.41, 5.74) is 7.90. The molecule has 0 spiro atoms. The van der Waals surface area contributed by atoms with Crippen molar-refractivity contribution in [3.05, 3.63) is 90.3 Å². The van der Waals surface area contributed by atoms with Gasteiger partial charge in [0.2, 0.25) is 5.96 Å². The third-order valence-electron chi connectivity index (χ3n) is 3.50. The average Bonchev–Trinajstić information content (AvgIpc) is 2.69. The van der Waals surface area contributed by atoms with E-state index in [2.05, 4.69) is 15.3 Å². The number of hydrogen-bond donors (Lipinski definition) is 2. The summed E-state index contributed by atoms with van der Waals surface area (Å²) in [6, 6.07) is 20.4. The molecule has 0 aliphatic heterocycles. The number of rotatable bonds is 5. The van der Waals surface area contributed by atoms with Crippen LogP contribution < -0.4 is 15.8 Å². The number of pyridine rings is 1. The molecule has 0 fully saturated rings. The first-order chi connectivity index (χ1) is 12.7. The van der Waals surface area contributed by atoms with Crippen LogP contribution in [0.5, 0.6) is 5.75 Å². The number of aliphatic imine (C=N–C) groups is 1. The topological polar surface area (TPSA) is 89.6 Å². The molecule has 0 saturated carbocycles. The number of benzene rings is 2. The van der Waals surface area contributed by atoms with E-state index in [-0.39, 0.29) is 11.9 Å². The predicted octanol–water partition coefficient (Wildman–Crippen LogP) is 3.04. The maximum Gasteiger partial charge on any atom is 0.259 e. The van der Waals surface area contributed by atoms with Crippen molar-refractivity contribution in [3.8, 4) is 5.75 Å². The van der Waals surface area contributed by atoms with Crippen LogP contribution in [0.4, 0.5) is 5.69 Å². The van der Waals surface area contributed by atoms with Crippen molar-refractivity contribution in [1.82, 2.24) is 10.3 Å². The Balaban J connectivity index is 1.57. The Morgan fingerprint density at radius 2 is 1.81 bits per heavy atom. The molecule has 26 heavy (non-hydrogen) atoms. The van der Waals surface area contributed by atoms with Gasteiger partial charge < -0.3 is 10.5 Å². The molecule has 0 radical (unpaired) electrons. The number of ether oxygens (including phenoxy) is 1. The molecule has 0 aliphatic rings. The van der Waals surface area contributed by atoms with Gasteiger partial charge in [0, 0.05) is 12.4 Å². The van der Waals surface area contributed by atoms with Crippen LogP contribution in [0.15, 0.2) is 84.1 Å². The summed E-state index contributed by atoms with van der Waals surface area (Å²) in [7, 11) is 0. The van der Waals surface area contributed by atoms with Crippen LogP contribution >= 0.6 is 0 Å². The summed E-state index contributed by atoms with van der Waals surface area (Å²) in [6.07, 6.45) is 3.05. The van der Waals surface area contributed by atoms with E-state index in [1.165, 1.54) is 6.20 Å². The molecule has 6 nitrogen and oxygen atoms in total. The van der Waals surface area contributed by atoms with Gasteiger partial charge in [-0.15, -0.1) is 0 Å². The number of nitrogens with one attached hydrogen (secondary N) is 1. The van der Waals surface area contributed by atoms with Gasteiger partial charge in [-0.1, -0.05) is 30.3 Å². The number of nitrogens with two attached hydrogens (primary N) is 1. The smallest absolute Gasteiger partial charge is 0.259 e. The lowest BCUT2D eigenvalue weighted by molar-refractivity contribution is 0.0976. The highest BCUT2D eigenvalue weighted by atomic mass is 16.5. The molecule has 1 aromatic heterocycles. The average molecular weight is 346 g/mol. The van der Waals surface area contributed by atoms with Gasteiger partial charge in [-0.3, -0.25) is 15.1 Å². The van der Waals surface area contributed by atoms with Gasteiger partial charge in [0.15, 0.2) is 0 Å². The fraction of sp³-hybridized carbons (Fsp3) is 0.0500. The van der Waals surface area contributed by atoms with E-state index >= 15 is 0 Å². The molecule has 1 amide bonds. The van der Waals surface area contributed by atoms with Gasteiger partial charge in [-0.2, -0.15) is 0 Å². The molecule has 0 atom stereocenters. The Morgan fingerprint density at radius 3 is 2.50 bits per heavy atom. The maximum absolute atomic E-state index is 12.0. The largest absolute Gasteiger partial charge is 0.489 e. The number of amides is 1. The Bertz CT molecular complexity index is 879. The minimum absolute atomic E-state index is 0.0109. The fourth-order valence-corrected chi connectivity index (χ4v) is 2.21. The molecule has 3 N–H and O–H groups in total. The molecule has 2 aromatic carbocycles. The van der Waals surface area contributed by atoms with Crippen LogP contribution in [0.25, 0.3) is 0 Å². The normalized spacial score (nSPS) is 11.0. The van der Waals surface area contributed by atoms with Crippen molar-refractivity contribution in [1.29, 1.82) is 0 Å². The summed E-state index contributed by atoms with van der Waals surface area (Å²) in [5.74, 6) is 0.379. The zero-order valence-corrected chi connectivity index (χ0v) is 14.0. The molecule has 0 saturated heterocycles. The molecular formula is C20H18N4O2. The second kappa shape index (κ2) is 8.43. The molecule has 0 unspecified atom stereocenters. The van der Waals surface area contributed by atoms with E-state index in [4.69, 9.17) is 10.5 Å². The Morgan fingerprint density at radius 1 is 1.04 bits per heavy atom. The lowest BCUT2D eigenvalue weighted by atomic mass is 10.2. The van der Waals surface area contributed by atoms with Crippen molar-refractivity contribution in [2.75, 3.05) is 0 Å². The second-order valence-electron chi connectivity index (χ2n) is 5.46. The van der Waals surface area contributed by atoms with Gasteiger partial charge in [0.05, 0.1) is 11.3 Å². The van der Waals surface area contributed by atoms with E-state index < -0.39 is 0 Å². The summed E-state index contributed by atoms with van der Waals surface area (Å²) in [5, 5.41) is 2.52. The van der Waals surface area contributed by atoms with Gasteiger partial charge >= 0.3 is 0 Å². The SMILES string of the molecule is NC(=Nc1ccc(OCc2ccccc2)cc1)NC(=O)c1cccnc1. The summed E-state index contributed by atoms with van der Waals surface area (Å²) < 4.78 is 5.72. The van der Waals surface area contributed by atoms with Crippen LogP contribution in [0, 0.1) is 0 Å². The van der Waals surface area contributed by atoms with Crippen molar-refractivity contribution < 1.29 is 9.53 Å². The molecule has 0 bridgehead atoms. The van der Waals surface area contributed by atoms with Gasteiger partial charge in [0.1, 0.15) is 12.4 Å². The third-order valence-corrected chi connectivity index (χ3v) is 3.50. The molecule has 1 heterocycles. The Hall–Kier alpha value is -3.67. The van der Waals surface area contributed by atoms with Crippen LogP contribution in [0.1, 0.15) is 15.9 Å². The van der Waals surface area contributed by atoms with Crippen LogP contribution in [-0.4, -0.2) is 16.9 Å². The fourth-order valence-electron chi connectivity index (χ4n) is 2.21. The Labute approximate surface area is 151 Å². The highest BCUT2D eigenvalue weighted by molar-refractivity contribution is 6.05. The Kier molecular flexibility index (Phi) is 5.57. The van der Waals surface area contributed by atoms with Crippen molar-refractivity contribution in [3.63, 3.8) is 0 Å². The van der Waals surface area contributed by atoms with Gasteiger partial charge in [-0.05, 0) is 42.0 Å². The highest BCUT2D eigenvalue weighted by Gasteiger charge is 2.06. The van der Waals surface area contributed by atoms with Crippen molar-refractivity contribution >= 4 is 17.6 Å². The zero-order valence-electron chi connectivity index (χ0n) is 14.0. The zero-order chi connectivity index (χ0) is 18.2. The van der Waals surface area contributed by atoms with Crippen LogP contribution in [0.3, 0.4) is 0 Å². The second-order valence-corrected chi connectivity index (χ2v) is 5.46. The monoisotopic (exact) mass is 346 g/mol. The van der Waals surface area contributed by atoms with Crippen molar-refractivity contribution in [2.24, 2.45) is 10.7 Å². The molecule has 0 aliphatic carbocycles. The highest BCUT2D eigenvalue weighted by Crippen LogP contribution is 2.19. The van der Waals surface area contributed by atoms with E-state index in [1.807, 2.05) is 30.3 Å². The number of nitrogens with zero attached hydrogens (tertiary/aromatic N) is 2. The lowest BCUT2D eigenvalue weighted by Crippen LogP contribution is -2.36. The molecule has 3 rings (SSSR count). The predicted molar refractivity (Wildman–Crippen MR) is 100 cm³/mol. The van der Waals surface area contributed by atoms with E-state index in [1.54, 1.807) is 42.6 Å². The minimum Gasteiger partial charge on any atom is -0.489 e. The number of carbonyl (C=O) groups is 1. The van der Waals surface area contributed by atoms with Gasteiger partial charge in [-0.25, -0.2) is 4.99 Å². The number of carbonyl (C=O) groups excluding carboxylic acids is 1. The molecule has 3 aromatic rings. The summed E-state index contributed by atoms with van der Waals surface area (Å²) in [4.78, 5) is 20.0. The van der Waals surface area contributed by atoms with E-state index in [9.17, 15) is 4.79 Å². The van der Waals surface area contributed by atoms with Crippen LogP contribution in [0.2, 0.25) is 0 Å². The first-order valence-electron chi connectivity index (χ1n) is 8.03. The van der Waals surface area contributed by atoms with Gasteiger partial charge in [0.25, 0.3) is 5.91 Å². The quantitative estimate of drug-likeness (QED) is 0.549. The number of aromatic nitrogens is 1. The van der Waals surface area contributed by atoms with Crippen LogP contribution in [-0.2, 0) is 6.61 Å². The van der Waals surface area contributed by atoms with E-state index in [0.717, 1.165) is 11.3 Å². The summed E-state index contributed by atoms with van der Waals surface area (Å²) >= 11 is 0.